The topological polar surface area (TPSA) is 55.1 Å². The minimum absolute atomic E-state index is 0.0537. The molecule has 3 nitrogen and oxygen atoms in total. The van der Waals surface area contributed by atoms with E-state index >= 15 is 0 Å². The highest BCUT2D eigenvalue weighted by Crippen LogP contribution is 2.29. The second-order valence-electron chi connectivity index (χ2n) is 4.39. The van der Waals surface area contributed by atoms with Gasteiger partial charge < -0.3 is 11.1 Å². The van der Waals surface area contributed by atoms with Gasteiger partial charge in [-0.2, -0.15) is 13.2 Å². The van der Waals surface area contributed by atoms with E-state index in [2.05, 4.69) is 0 Å². The highest BCUT2D eigenvalue weighted by molar-refractivity contribution is 5.79. The maximum atomic E-state index is 11.9. The summed E-state index contributed by atoms with van der Waals surface area (Å²) in [7, 11) is 0. The second kappa shape index (κ2) is 5.03. The molecule has 0 spiro atoms. The maximum Gasteiger partial charge on any atom is 0.405 e. The molecule has 0 saturated heterocycles. The molecular formula is C10H17F3N2O. The fourth-order valence-corrected chi connectivity index (χ4v) is 2.09. The quantitative estimate of drug-likeness (QED) is 0.764. The SMILES string of the molecule is CC1C(N)CCCC1C(=O)NCC(F)(F)F. The molecule has 0 aromatic rings. The number of nitrogens with two attached hydrogens (primary N) is 1. The number of hydrogen-bond donors (Lipinski definition) is 2. The van der Waals surface area contributed by atoms with Crippen molar-refractivity contribution in [3.8, 4) is 0 Å². The number of carbonyl (C=O) groups is 1. The zero-order valence-corrected chi connectivity index (χ0v) is 9.18. The predicted molar refractivity (Wildman–Crippen MR) is 53.5 cm³/mol. The molecule has 3 N–H and O–H groups in total. The van der Waals surface area contributed by atoms with E-state index in [1.807, 2.05) is 12.2 Å². The van der Waals surface area contributed by atoms with Gasteiger partial charge in [-0.25, -0.2) is 0 Å². The monoisotopic (exact) mass is 238 g/mol. The molecule has 3 unspecified atom stereocenters. The largest absolute Gasteiger partial charge is 0.405 e. The van der Waals surface area contributed by atoms with Gasteiger partial charge in [0.25, 0.3) is 0 Å². The van der Waals surface area contributed by atoms with Crippen LogP contribution in [0.15, 0.2) is 0 Å². The van der Waals surface area contributed by atoms with Crippen LogP contribution in [0.5, 0.6) is 0 Å². The summed E-state index contributed by atoms with van der Waals surface area (Å²) >= 11 is 0. The smallest absolute Gasteiger partial charge is 0.347 e. The molecule has 0 bridgehead atoms. The van der Waals surface area contributed by atoms with Gasteiger partial charge in [-0.3, -0.25) is 4.79 Å². The molecule has 16 heavy (non-hydrogen) atoms. The number of alkyl halides is 3. The summed E-state index contributed by atoms with van der Waals surface area (Å²) in [5.74, 6) is -0.965. The van der Waals surface area contributed by atoms with Crippen molar-refractivity contribution in [3.05, 3.63) is 0 Å². The summed E-state index contributed by atoms with van der Waals surface area (Å²) in [6.07, 6.45) is -2.09. The van der Waals surface area contributed by atoms with Crippen LogP contribution >= 0.6 is 0 Å². The Balaban J connectivity index is 2.47. The minimum Gasteiger partial charge on any atom is -0.347 e. The Morgan fingerprint density at radius 1 is 1.44 bits per heavy atom. The molecule has 0 radical (unpaired) electrons. The van der Waals surface area contributed by atoms with E-state index in [0.717, 1.165) is 12.8 Å². The van der Waals surface area contributed by atoms with Crippen LogP contribution in [0.25, 0.3) is 0 Å². The van der Waals surface area contributed by atoms with Gasteiger partial charge in [0.05, 0.1) is 0 Å². The van der Waals surface area contributed by atoms with Gasteiger partial charge in [0, 0.05) is 12.0 Å². The van der Waals surface area contributed by atoms with Crippen molar-refractivity contribution < 1.29 is 18.0 Å². The first-order valence-electron chi connectivity index (χ1n) is 5.41. The summed E-state index contributed by atoms with van der Waals surface area (Å²) in [6.45, 7) is 0.561. The van der Waals surface area contributed by atoms with Crippen molar-refractivity contribution in [1.82, 2.24) is 5.32 Å². The van der Waals surface area contributed by atoms with Crippen molar-refractivity contribution in [3.63, 3.8) is 0 Å². The van der Waals surface area contributed by atoms with Gasteiger partial charge in [0.15, 0.2) is 0 Å². The van der Waals surface area contributed by atoms with Gasteiger partial charge in [-0.1, -0.05) is 13.3 Å². The summed E-state index contributed by atoms with van der Waals surface area (Å²) in [5, 5.41) is 1.92. The Morgan fingerprint density at radius 2 is 2.06 bits per heavy atom. The zero-order valence-electron chi connectivity index (χ0n) is 9.18. The first kappa shape index (κ1) is 13.3. The molecule has 1 rings (SSSR count). The van der Waals surface area contributed by atoms with Crippen LogP contribution in [0.2, 0.25) is 0 Å². The summed E-state index contributed by atoms with van der Waals surface area (Å²) in [4.78, 5) is 11.5. The molecule has 0 aliphatic heterocycles. The van der Waals surface area contributed by atoms with Gasteiger partial charge in [0.1, 0.15) is 6.54 Å². The highest BCUT2D eigenvalue weighted by Gasteiger charge is 2.34. The number of halogens is 3. The van der Waals surface area contributed by atoms with Crippen molar-refractivity contribution in [2.45, 2.75) is 38.4 Å². The van der Waals surface area contributed by atoms with E-state index in [9.17, 15) is 18.0 Å². The number of amides is 1. The van der Waals surface area contributed by atoms with Crippen molar-refractivity contribution in [2.75, 3.05) is 6.54 Å². The van der Waals surface area contributed by atoms with E-state index < -0.39 is 18.6 Å². The Labute approximate surface area is 92.6 Å². The number of rotatable bonds is 2. The van der Waals surface area contributed by atoms with Gasteiger partial charge in [0.2, 0.25) is 5.91 Å². The fraction of sp³-hybridized carbons (Fsp3) is 0.900. The fourth-order valence-electron chi connectivity index (χ4n) is 2.09. The van der Waals surface area contributed by atoms with Crippen molar-refractivity contribution in [1.29, 1.82) is 0 Å². The molecule has 94 valence electrons. The third kappa shape index (κ3) is 3.66. The molecule has 1 fully saturated rings. The lowest BCUT2D eigenvalue weighted by Crippen LogP contribution is -2.46. The lowest BCUT2D eigenvalue weighted by atomic mass is 9.77. The van der Waals surface area contributed by atoms with Crippen LogP contribution in [-0.2, 0) is 4.79 Å². The Bertz CT molecular complexity index is 255. The molecule has 6 heteroatoms. The van der Waals surface area contributed by atoms with Crippen LogP contribution in [0.3, 0.4) is 0 Å². The minimum atomic E-state index is -4.35. The molecule has 1 aliphatic carbocycles. The molecule has 1 aliphatic rings. The zero-order chi connectivity index (χ0) is 12.3. The third-order valence-corrected chi connectivity index (χ3v) is 3.16. The average Bonchev–Trinajstić information content (AvgIpc) is 2.17. The average molecular weight is 238 g/mol. The second-order valence-corrected chi connectivity index (χ2v) is 4.39. The molecule has 0 aromatic heterocycles. The van der Waals surface area contributed by atoms with E-state index in [1.165, 1.54) is 0 Å². The van der Waals surface area contributed by atoms with Crippen LogP contribution < -0.4 is 11.1 Å². The molecule has 1 amide bonds. The predicted octanol–water partition coefficient (Wildman–Crippen LogP) is 1.43. The summed E-state index contributed by atoms with van der Waals surface area (Å²) in [6, 6.07) is -0.0876. The highest BCUT2D eigenvalue weighted by atomic mass is 19.4. The first-order chi connectivity index (χ1) is 7.31. The van der Waals surface area contributed by atoms with E-state index in [1.54, 1.807) is 0 Å². The maximum absolute atomic E-state index is 11.9. The lowest BCUT2D eigenvalue weighted by Gasteiger charge is -2.32. The van der Waals surface area contributed by atoms with E-state index in [0.29, 0.717) is 6.42 Å². The molecular weight excluding hydrogens is 221 g/mol. The van der Waals surface area contributed by atoms with E-state index in [-0.39, 0.29) is 17.9 Å². The van der Waals surface area contributed by atoms with Gasteiger partial charge in [-0.15, -0.1) is 0 Å². The summed E-state index contributed by atoms with van der Waals surface area (Å²) < 4.78 is 35.8. The van der Waals surface area contributed by atoms with Crippen LogP contribution in [0.4, 0.5) is 13.2 Å². The molecule has 1 saturated carbocycles. The number of nitrogens with one attached hydrogen (secondary N) is 1. The number of hydrogen-bond acceptors (Lipinski definition) is 2. The van der Waals surface area contributed by atoms with Gasteiger partial charge >= 0.3 is 6.18 Å². The first-order valence-corrected chi connectivity index (χ1v) is 5.41. The normalized spacial score (nSPS) is 31.2. The molecule has 3 atom stereocenters. The lowest BCUT2D eigenvalue weighted by molar-refractivity contribution is -0.142. The van der Waals surface area contributed by atoms with Crippen molar-refractivity contribution in [2.24, 2.45) is 17.6 Å². The van der Waals surface area contributed by atoms with Crippen LogP contribution in [0, 0.1) is 11.8 Å². The standard InChI is InChI=1S/C10H17F3N2O/c1-6-7(3-2-4-8(6)14)9(16)15-5-10(11,12)13/h6-8H,2-5,14H2,1H3,(H,15,16). The van der Waals surface area contributed by atoms with E-state index in [4.69, 9.17) is 5.73 Å². The van der Waals surface area contributed by atoms with Crippen molar-refractivity contribution >= 4 is 5.91 Å². The van der Waals surface area contributed by atoms with Crippen LogP contribution in [0.1, 0.15) is 26.2 Å². The third-order valence-electron chi connectivity index (χ3n) is 3.16. The summed E-state index contributed by atoms with van der Waals surface area (Å²) in [5.41, 5.74) is 5.79. The Kier molecular flexibility index (Phi) is 4.18. The van der Waals surface area contributed by atoms with Crippen LogP contribution in [-0.4, -0.2) is 24.7 Å². The number of carbonyl (C=O) groups excluding carboxylic acids is 1. The molecule has 0 aromatic carbocycles. The Hall–Kier alpha value is -0.780. The molecule has 0 heterocycles. The van der Waals surface area contributed by atoms with Gasteiger partial charge in [-0.05, 0) is 18.8 Å². The Morgan fingerprint density at radius 3 is 2.62 bits per heavy atom.